The Hall–Kier alpha value is -1.14. The van der Waals surface area contributed by atoms with Gasteiger partial charge in [0.1, 0.15) is 0 Å². The molecule has 2 rings (SSSR count). The highest BCUT2D eigenvalue weighted by Crippen LogP contribution is 2.27. The number of nitrogens with one attached hydrogen (secondary N) is 1. The van der Waals surface area contributed by atoms with Gasteiger partial charge in [-0.2, -0.15) is 0 Å². The molecule has 0 aliphatic heterocycles. The summed E-state index contributed by atoms with van der Waals surface area (Å²) in [5, 5.41) is 0. The van der Waals surface area contributed by atoms with Crippen molar-refractivity contribution in [3.8, 4) is 5.75 Å². The lowest BCUT2D eigenvalue weighted by molar-refractivity contribution is 0.310. The Labute approximate surface area is 125 Å². The lowest BCUT2D eigenvalue weighted by Gasteiger charge is -2.29. The zero-order valence-electron chi connectivity index (χ0n) is 12.4. The van der Waals surface area contributed by atoms with Crippen molar-refractivity contribution >= 4 is 10.0 Å². The van der Waals surface area contributed by atoms with Gasteiger partial charge < -0.3 is 4.74 Å². The van der Waals surface area contributed by atoms with Gasteiger partial charge in [0.15, 0.2) is 11.6 Å². The molecule has 0 radical (unpaired) electrons. The van der Waals surface area contributed by atoms with Gasteiger partial charge in [-0.05, 0) is 37.8 Å². The van der Waals surface area contributed by atoms with Gasteiger partial charge in [0.05, 0.1) is 11.5 Å². The van der Waals surface area contributed by atoms with Gasteiger partial charge in [0.2, 0.25) is 10.0 Å². The van der Waals surface area contributed by atoms with Crippen LogP contribution in [0.5, 0.6) is 5.75 Å². The van der Waals surface area contributed by atoms with E-state index >= 15 is 0 Å². The maximum Gasteiger partial charge on any atom is 0.240 e. The minimum absolute atomic E-state index is 0.0305. The summed E-state index contributed by atoms with van der Waals surface area (Å²) in [6, 6.07) is 3.59. The van der Waals surface area contributed by atoms with E-state index in [9.17, 15) is 12.8 Å². The Morgan fingerprint density at radius 3 is 2.71 bits per heavy atom. The number of halogens is 1. The molecule has 0 unspecified atom stereocenters. The van der Waals surface area contributed by atoms with Crippen molar-refractivity contribution in [3.63, 3.8) is 0 Å². The molecule has 1 aromatic carbocycles. The van der Waals surface area contributed by atoms with E-state index in [4.69, 9.17) is 4.74 Å². The van der Waals surface area contributed by atoms with E-state index in [-0.39, 0.29) is 23.3 Å². The Balaban J connectivity index is 2.20. The molecule has 1 N–H and O–H groups in total. The first-order valence-electron chi connectivity index (χ1n) is 7.38. The van der Waals surface area contributed by atoms with Crippen LogP contribution in [0, 0.1) is 11.7 Å². The van der Waals surface area contributed by atoms with Crippen molar-refractivity contribution < 1.29 is 17.5 Å². The fourth-order valence-electron chi connectivity index (χ4n) is 2.68. The molecule has 6 heteroatoms. The van der Waals surface area contributed by atoms with Crippen LogP contribution in [-0.4, -0.2) is 21.1 Å². The van der Waals surface area contributed by atoms with Crippen molar-refractivity contribution in [1.82, 2.24) is 4.72 Å². The van der Waals surface area contributed by atoms with Crippen molar-refractivity contribution in [1.29, 1.82) is 0 Å². The highest BCUT2D eigenvalue weighted by atomic mass is 32.2. The van der Waals surface area contributed by atoms with E-state index in [0.717, 1.165) is 31.7 Å². The molecule has 0 saturated heterocycles. The summed E-state index contributed by atoms with van der Waals surface area (Å²) in [6.45, 7) is 4.07. The largest absolute Gasteiger partial charge is 0.491 e. The van der Waals surface area contributed by atoms with Gasteiger partial charge in [0, 0.05) is 12.1 Å². The lowest BCUT2D eigenvalue weighted by atomic mass is 9.87. The molecule has 1 saturated carbocycles. The number of benzene rings is 1. The van der Waals surface area contributed by atoms with Gasteiger partial charge in [-0.1, -0.05) is 19.8 Å². The zero-order chi connectivity index (χ0) is 15.5. The Morgan fingerprint density at radius 1 is 1.33 bits per heavy atom. The van der Waals surface area contributed by atoms with E-state index < -0.39 is 15.8 Å². The molecule has 118 valence electrons. The SMILES string of the molecule is CCOc1cc(S(=O)(=O)N[C@@H]2CCCC[C@H]2C)ccc1F. The first-order chi connectivity index (χ1) is 9.94. The van der Waals surface area contributed by atoms with Crippen LogP contribution in [0.2, 0.25) is 0 Å². The highest BCUT2D eigenvalue weighted by Gasteiger charge is 2.27. The molecule has 0 amide bonds. The van der Waals surface area contributed by atoms with Crippen LogP contribution in [0.4, 0.5) is 4.39 Å². The molecule has 0 bridgehead atoms. The lowest BCUT2D eigenvalue weighted by Crippen LogP contribution is -2.40. The van der Waals surface area contributed by atoms with Crippen LogP contribution in [0.1, 0.15) is 39.5 Å². The minimum atomic E-state index is -3.65. The van der Waals surface area contributed by atoms with Crippen LogP contribution in [0.3, 0.4) is 0 Å². The molecule has 0 heterocycles. The molecule has 0 aromatic heterocycles. The zero-order valence-corrected chi connectivity index (χ0v) is 13.2. The fraction of sp³-hybridized carbons (Fsp3) is 0.600. The summed E-state index contributed by atoms with van der Waals surface area (Å²) in [5.74, 6) is -0.265. The van der Waals surface area contributed by atoms with E-state index in [1.165, 1.54) is 12.1 Å². The average molecular weight is 315 g/mol. The summed E-state index contributed by atoms with van der Waals surface area (Å²) in [6.07, 6.45) is 4.05. The van der Waals surface area contributed by atoms with E-state index in [1.54, 1.807) is 6.92 Å². The van der Waals surface area contributed by atoms with Crippen molar-refractivity contribution in [2.75, 3.05) is 6.61 Å². The van der Waals surface area contributed by atoms with Crippen molar-refractivity contribution in [3.05, 3.63) is 24.0 Å². The molecular formula is C15H22FNO3S. The van der Waals surface area contributed by atoms with Crippen LogP contribution in [0.25, 0.3) is 0 Å². The minimum Gasteiger partial charge on any atom is -0.491 e. The monoisotopic (exact) mass is 315 g/mol. The second-order valence-electron chi connectivity index (χ2n) is 5.51. The van der Waals surface area contributed by atoms with Crippen LogP contribution in [0.15, 0.2) is 23.1 Å². The predicted octanol–water partition coefficient (Wildman–Crippen LogP) is 3.08. The summed E-state index contributed by atoms with van der Waals surface area (Å²) in [7, 11) is -3.65. The normalized spacial score (nSPS) is 23.0. The van der Waals surface area contributed by atoms with Crippen molar-refractivity contribution in [2.24, 2.45) is 5.92 Å². The third kappa shape index (κ3) is 3.95. The Kier molecular flexibility index (Phi) is 5.22. The second-order valence-corrected chi connectivity index (χ2v) is 7.23. The quantitative estimate of drug-likeness (QED) is 0.908. The maximum absolute atomic E-state index is 13.5. The summed E-state index contributed by atoms with van der Waals surface area (Å²) >= 11 is 0. The summed E-state index contributed by atoms with van der Waals surface area (Å²) in [5.41, 5.74) is 0. The molecule has 0 spiro atoms. The molecular weight excluding hydrogens is 293 g/mol. The predicted molar refractivity (Wildman–Crippen MR) is 79.3 cm³/mol. The van der Waals surface area contributed by atoms with Crippen LogP contribution >= 0.6 is 0 Å². The van der Waals surface area contributed by atoms with Gasteiger partial charge in [0.25, 0.3) is 0 Å². The molecule has 4 nitrogen and oxygen atoms in total. The number of sulfonamides is 1. The van der Waals surface area contributed by atoms with Gasteiger partial charge >= 0.3 is 0 Å². The standard InChI is InChI=1S/C15H22FNO3S/c1-3-20-15-10-12(8-9-13(15)16)21(18,19)17-14-7-5-4-6-11(14)2/h8-11,14,17H,3-7H2,1-2H3/t11-,14-/m1/s1. The Morgan fingerprint density at radius 2 is 2.05 bits per heavy atom. The molecule has 1 aliphatic carbocycles. The van der Waals surface area contributed by atoms with Gasteiger partial charge in [-0.15, -0.1) is 0 Å². The van der Waals surface area contributed by atoms with Crippen LogP contribution in [-0.2, 0) is 10.0 Å². The number of ether oxygens (including phenoxy) is 1. The number of hydrogen-bond acceptors (Lipinski definition) is 3. The second kappa shape index (κ2) is 6.75. The van der Waals surface area contributed by atoms with Crippen LogP contribution < -0.4 is 9.46 Å². The van der Waals surface area contributed by atoms with Crippen molar-refractivity contribution in [2.45, 2.75) is 50.5 Å². The molecule has 1 fully saturated rings. The molecule has 1 aromatic rings. The molecule has 1 aliphatic rings. The van der Waals surface area contributed by atoms with E-state index in [2.05, 4.69) is 11.6 Å². The molecule has 21 heavy (non-hydrogen) atoms. The highest BCUT2D eigenvalue weighted by molar-refractivity contribution is 7.89. The first-order valence-corrected chi connectivity index (χ1v) is 8.87. The summed E-state index contributed by atoms with van der Waals surface area (Å²) in [4.78, 5) is 0.0464. The average Bonchev–Trinajstić information content (AvgIpc) is 2.44. The number of hydrogen-bond donors (Lipinski definition) is 1. The van der Waals surface area contributed by atoms with E-state index in [0.29, 0.717) is 5.92 Å². The molecule has 2 atom stereocenters. The topological polar surface area (TPSA) is 55.4 Å². The fourth-order valence-corrected chi connectivity index (χ4v) is 4.07. The van der Waals surface area contributed by atoms with E-state index in [1.807, 2.05) is 0 Å². The maximum atomic E-state index is 13.5. The number of rotatable bonds is 5. The third-order valence-corrected chi connectivity index (χ3v) is 5.42. The van der Waals surface area contributed by atoms with Gasteiger partial charge in [-0.25, -0.2) is 17.5 Å². The smallest absolute Gasteiger partial charge is 0.240 e. The van der Waals surface area contributed by atoms with Gasteiger partial charge in [-0.3, -0.25) is 0 Å². The first kappa shape index (κ1) is 16.2. The third-order valence-electron chi connectivity index (χ3n) is 3.93. The summed E-state index contributed by atoms with van der Waals surface area (Å²) < 4.78 is 46.2. The Bertz CT molecular complexity index is 589.